The molecule has 0 bridgehead atoms. The maximum atomic E-state index is 7.45. The summed E-state index contributed by atoms with van der Waals surface area (Å²) >= 11 is 0. The minimum absolute atomic E-state index is 0.115. The van der Waals surface area contributed by atoms with Crippen molar-refractivity contribution in [3.63, 3.8) is 0 Å². The Balaban J connectivity index is 2.73. The van der Waals surface area contributed by atoms with Crippen molar-refractivity contribution in [1.29, 1.82) is 0 Å². The van der Waals surface area contributed by atoms with Crippen LogP contribution in [0.3, 0.4) is 0 Å². The Morgan fingerprint density at radius 2 is 1.79 bits per heavy atom. The first-order valence-corrected chi connectivity index (χ1v) is 4.90. The molecule has 0 saturated carbocycles. The molecule has 78 valence electrons. The minimum Gasteiger partial charge on any atom is -0.443 e. The van der Waals surface area contributed by atoms with Crippen LogP contribution in [0, 0.1) is 0 Å². The smallest absolute Gasteiger partial charge is 0.174 e. The topological polar surface area (TPSA) is 32.1 Å². The van der Waals surface area contributed by atoms with E-state index in [0.29, 0.717) is 0 Å². The van der Waals surface area contributed by atoms with E-state index >= 15 is 0 Å². The van der Waals surface area contributed by atoms with Crippen molar-refractivity contribution in [1.82, 2.24) is 0 Å². The maximum Gasteiger partial charge on any atom is 0.174 e. The van der Waals surface area contributed by atoms with Gasteiger partial charge in [-0.15, -0.1) is 0 Å². The third-order valence-corrected chi connectivity index (χ3v) is 1.85. The molecule has 0 saturated heterocycles. The summed E-state index contributed by atoms with van der Waals surface area (Å²) in [5, 5.41) is 7.45. The van der Waals surface area contributed by atoms with Crippen LogP contribution >= 0.6 is 0 Å². The fourth-order valence-corrected chi connectivity index (χ4v) is 1.32. The highest BCUT2D eigenvalue weighted by molar-refractivity contribution is 5.17. The highest BCUT2D eigenvalue weighted by Crippen LogP contribution is 2.22. The lowest BCUT2D eigenvalue weighted by atomic mass is 10.1. The van der Waals surface area contributed by atoms with Crippen molar-refractivity contribution >= 4 is 0 Å². The number of hydrogen-bond acceptors (Lipinski definition) is 1. The lowest BCUT2D eigenvalue weighted by Gasteiger charge is -2.25. The fraction of sp³-hybridized carbons (Fsp3) is 0.500. The van der Waals surface area contributed by atoms with E-state index in [4.69, 9.17) is 9.84 Å². The summed E-state index contributed by atoms with van der Waals surface area (Å²) in [6.07, 6.45) is -0.115. The standard InChI is InChI=1S/C12H18O2/c1-12(2,3)14-11(9-13)10-7-5-4-6-8-10/h4-8,11,13H,9H2,1-3H3/p+1. The maximum absolute atomic E-state index is 7.45. The molecule has 0 aromatic heterocycles. The molecule has 2 N–H and O–H groups in total. The predicted octanol–water partition coefficient (Wildman–Crippen LogP) is 2.27. The van der Waals surface area contributed by atoms with Gasteiger partial charge in [0, 0.05) is 0 Å². The minimum atomic E-state index is -0.193. The quantitative estimate of drug-likeness (QED) is 0.681. The van der Waals surface area contributed by atoms with Crippen molar-refractivity contribution in [3.05, 3.63) is 35.9 Å². The van der Waals surface area contributed by atoms with E-state index in [0.717, 1.165) is 5.56 Å². The first-order chi connectivity index (χ1) is 6.53. The Bertz CT molecular complexity index is 261. The van der Waals surface area contributed by atoms with E-state index in [9.17, 15) is 0 Å². The van der Waals surface area contributed by atoms with Gasteiger partial charge in [0.2, 0.25) is 0 Å². The van der Waals surface area contributed by atoms with E-state index < -0.39 is 0 Å². The molecular weight excluding hydrogens is 176 g/mol. The lowest BCUT2D eigenvalue weighted by Crippen LogP contribution is -2.24. The van der Waals surface area contributed by atoms with Gasteiger partial charge in [0.25, 0.3) is 0 Å². The summed E-state index contributed by atoms with van der Waals surface area (Å²) in [6.45, 7) is 6.30. The number of benzene rings is 1. The molecule has 0 radical (unpaired) electrons. The van der Waals surface area contributed by atoms with E-state index in [2.05, 4.69) is 0 Å². The Kier molecular flexibility index (Phi) is 3.67. The molecule has 0 aliphatic rings. The van der Waals surface area contributed by atoms with Crippen LogP contribution in [-0.2, 0) is 4.74 Å². The van der Waals surface area contributed by atoms with Crippen LogP contribution in [0.1, 0.15) is 32.4 Å². The van der Waals surface area contributed by atoms with Crippen LogP contribution in [0.2, 0.25) is 0 Å². The SMILES string of the molecule is CC(C)(C)OC(C[OH2+])c1ccccc1. The molecule has 1 rings (SSSR count). The van der Waals surface area contributed by atoms with Gasteiger partial charge in [0.05, 0.1) is 5.60 Å². The summed E-state index contributed by atoms with van der Waals surface area (Å²) in [6, 6.07) is 9.94. The summed E-state index contributed by atoms with van der Waals surface area (Å²) < 4.78 is 5.79. The highest BCUT2D eigenvalue weighted by Gasteiger charge is 2.21. The van der Waals surface area contributed by atoms with Crippen molar-refractivity contribution in [2.75, 3.05) is 6.61 Å². The lowest BCUT2D eigenvalue weighted by molar-refractivity contribution is -0.0822. The third kappa shape index (κ3) is 3.48. The second-order valence-corrected chi connectivity index (χ2v) is 4.33. The average Bonchev–Trinajstić information content (AvgIpc) is 2.14. The monoisotopic (exact) mass is 195 g/mol. The first-order valence-electron chi connectivity index (χ1n) is 4.90. The van der Waals surface area contributed by atoms with Gasteiger partial charge in [0.1, 0.15) is 0 Å². The summed E-state index contributed by atoms with van der Waals surface area (Å²) in [5.41, 5.74) is 0.888. The zero-order chi connectivity index (χ0) is 10.6. The summed E-state index contributed by atoms with van der Waals surface area (Å²) in [4.78, 5) is 0. The summed E-state index contributed by atoms with van der Waals surface area (Å²) in [5.74, 6) is 0. The van der Waals surface area contributed by atoms with Gasteiger partial charge in [-0.1, -0.05) is 30.3 Å². The van der Waals surface area contributed by atoms with Crippen molar-refractivity contribution in [2.24, 2.45) is 0 Å². The van der Waals surface area contributed by atoms with Crippen LogP contribution in [0.5, 0.6) is 0 Å². The molecule has 0 amide bonds. The van der Waals surface area contributed by atoms with Gasteiger partial charge in [0.15, 0.2) is 12.7 Å². The van der Waals surface area contributed by atoms with Crippen LogP contribution in [0.15, 0.2) is 30.3 Å². The zero-order valence-electron chi connectivity index (χ0n) is 9.08. The molecular formula is C12H19O2+. The van der Waals surface area contributed by atoms with E-state index in [1.807, 2.05) is 51.1 Å². The molecule has 0 aliphatic heterocycles. The Morgan fingerprint density at radius 1 is 1.21 bits per heavy atom. The van der Waals surface area contributed by atoms with E-state index in [1.54, 1.807) is 0 Å². The molecule has 2 heteroatoms. The van der Waals surface area contributed by atoms with E-state index in [-0.39, 0.29) is 18.3 Å². The van der Waals surface area contributed by atoms with Gasteiger partial charge in [-0.2, -0.15) is 0 Å². The van der Waals surface area contributed by atoms with Crippen LogP contribution in [0.25, 0.3) is 0 Å². The second kappa shape index (κ2) is 4.58. The van der Waals surface area contributed by atoms with Gasteiger partial charge < -0.3 is 9.84 Å². The third-order valence-electron chi connectivity index (χ3n) is 1.85. The second-order valence-electron chi connectivity index (χ2n) is 4.33. The number of rotatable bonds is 3. The van der Waals surface area contributed by atoms with Crippen LogP contribution in [-0.4, -0.2) is 17.3 Å². The molecule has 1 aromatic rings. The molecule has 1 atom stereocenters. The van der Waals surface area contributed by atoms with Gasteiger partial charge in [-0.25, -0.2) is 0 Å². The molecule has 1 unspecified atom stereocenters. The molecule has 0 heterocycles. The predicted molar refractivity (Wildman–Crippen MR) is 58.5 cm³/mol. The van der Waals surface area contributed by atoms with Gasteiger partial charge >= 0.3 is 0 Å². The van der Waals surface area contributed by atoms with Crippen molar-refractivity contribution in [2.45, 2.75) is 32.5 Å². The molecule has 0 fully saturated rings. The fourth-order valence-electron chi connectivity index (χ4n) is 1.32. The van der Waals surface area contributed by atoms with Crippen molar-refractivity contribution < 1.29 is 9.84 Å². The van der Waals surface area contributed by atoms with Crippen LogP contribution in [0.4, 0.5) is 0 Å². The van der Waals surface area contributed by atoms with E-state index in [1.165, 1.54) is 0 Å². The van der Waals surface area contributed by atoms with Crippen molar-refractivity contribution in [3.8, 4) is 0 Å². The Labute approximate surface area is 85.5 Å². The van der Waals surface area contributed by atoms with Gasteiger partial charge in [-0.05, 0) is 26.3 Å². The number of hydrogen-bond donors (Lipinski definition) is 0. The van der Waals surface area contributed by atoms with Crippen LogP contribution < -0.4 is 0 Å². The molecule has 14 heavy (non-hydrogen) atoms. The molecule has 1 aromatic carbocycles. The molecule has 2 nitrogen and oxygen atoms in total. The molecule has 0 aliphatic carbocycles. The largest absolute Gasteiger partial charge is 0.443 e. The zero-order valence-corrected chi connectivity index (χ0v) is 9.08. The average molecular weight is 195 g/mol. The first kappa shape index (κ1) is 11.2. The number of ether oxygens (including phenoxy) is 1. The normalized spacial score (nSPS) is 14.0. The van der Waals surface area contributed by atoms with Gasteiger partial charge in [-0.3, -0.25) is 0 Å². The highest BCUT2D eigenvalue weighted by atomic mass is 16.5. The Morgan fingerprint density at radius 3 is 2.21 bits per heavy atom. The summed E-state index contributed by atoms with van der Waals surface area (Å²) in [7, 11) is 0. The molecule has 0 spiro atoms. The Hall–Kier alpha value is -0.860.